The molecule has 0 atom stereocenters. The van der Waals surface area contributed by atoms with Crippen molar-refractivity contribution >= 4 is 5.91 Å². The van der Waals surface area contributed by atoms with Gasteiger partial charge in [0.1, 0.15) is 12.4 Å². The number of hydrogen-bond acceptors (Lipinski definition) is 3. The zero-order valence-corrected chi connectivity index (χ0v) is 15.8. The monoisotopic (exact) mass is 353 g/mol. The van der Waals surface area contributed by atoms with Gasteiger partial charge in [-0.3, -0.25) is 4.79 Å². The van der Waals surface area contributed by atoms with E-state index in [0.29, 0.717) is 38.5 Å². The summed E-state index contributed by atoms with van der Waals surface area (Å²) in [6, 6.07) is 15.9. The number of nitrogens with zero attached hydrogens (tertiary/aromatic N) is 1. The number of amides is 1. The molecule has 1 aliphatic heterocycles. The molecule has 26 heavy (non-hydrogen) atoms. The molecule has 0 aliphatic carbocycles. The molecule has 1 saturated heterocycles. The van der Waals surface area contributed by atoms with Crippen molar-refractivity contribution in [3.63, 3.8) is 0 Å². The van der Waals surface area contributed by atoms with Crippen LogP contribution < -0.4 is 4.74 Å². The molecule has 4 nitrogen and oxygen atoms in total. The van der Waals surface area contributed by atoms with E-state index in [0.717, 1.165) is 11.3 Å². The van der Waals surface area contributed by atoms with Crippen LogP contribution in [0.25, 0.3) is 0 Å². The van der Waals surface area contributed by atoms with Gasteiger partial charge in [-0.15, -0.1) is 0 Å². The highest BCUT2D eigenvalue weighted by Crippen LogP contribution is 2.24. The third kappa shape index (κ3) is 4.64. The van der Waals surface area contributed by atoms with Crippen molar-refractivity contribution in [3.05, 3.63) is 65.2 Å². The first-order valence-corrected chi connectivity index (χ1v) is 9.13. The minimum atomic E-state index is 0.0681. The smallest absolute Gasteiger partial charge is 0.254 e. The van der Waals surface area contributed by atoms with E-state index in [1.54, 1.807) is 0 Å². The maximum absolute atomic E-state index is 12.4. The van der Waals surface area contributed by atoms with Crippen molar-refractivity contribution in [3.8, 4) is 5.75 Å². The van der Waals surface area contributed by atoms with Crippen LogP contribution in [0.15, 0.2) is 48.5 Å². The molecule has 0 N–H and O–H groups in total. The normalized spacial score (nSPS) is 15.0. The van der Waals surface area contributed by atoms with Gasteiger partial charge in [-0.2, -0.15) is 0 Å². The summed E-state index contributed by atoms with van der Waals surface area (Å²) >= 11 is 0. The predicted molar refractivity (Wildman–Crippen MR) is 103 cm³/mol. The van der Waals surface area contributed by atoms with Gasteiger partial charge < -0.3 is 14.4 Å². The minimum Gasteiger partial charge on any atom is -0.489 e. The van der Waals surface area contributed by atoms with Crippen molar-refractivity contribution in [1.29, 1.82) is 0 Å². The number of benzene rings is 2. The Bertz CT molecular complexity index is 723. The molecular formula is C22H27NO3. The van der Waals surface area contributed by atoms with Crippen LogP contribution in [0.4, 0.5) is 0 Å². The lowest BCUT2D eigenvalue weighted by Crippen LogP contribution is -2.40. The van der Waals surface area contributed by atoms with Crippen molar-refractivity contribution in [2.45, 2.75) is 32.8 Å². The molecule has 3 rings (SSSR count). The van der Waals surface area contributed by atoms with Gasteiger partial charge >= 0.3 is 0 Å². The zero-order chi connectivity index (χ0) is 18.6. The highest BCUT2D eigenvalue weighted by molar-refractivity contribution is 5.94. The highest BCUT2D eigenvalue weighted by Gasteiger charge is 2.18. The number of hydrogen-bond donors (Lipinski definition) is 0. The quantitative estimate of drug-likeness (QED) is 0.833. The second-order valence-corrected chi connectivity index (χ2v) is 7.66. The summed E-state index contributed by atoms with van der Waals surface area (Å²) in [6.45, 7) is 9.63. The first-order valence-electron chi connectivity index (χ1n) is 9.13. The predicted octanol–water partition coefficient (Wildman–Crippen LogP) is 4.04. The van der Waals surface area contributed by atoms with Crippen LogP contribution in [0.2, 0.25) is 0 Å². The standard InChI is InChI=1S/C22H27NO3/c1-22(2,3)19-8-10-20(11-9-19)26-16-17-4-6-18(7-5-17)21(24)23-12-14-25-15-13-23/h4-11H,12-16H2,1-3H3. The number of morpholine rings is 1. The number of carbonyl (C=O) groups is 1. The molecule has 2 aromatic rings. The van der Waals surface area contributed by atoms with Gasteiger partial charge in [0, 0.05) is 18.7 Å². The van der Waals surface area contributed by atoms with Gasteiger partial charge in [0.05, 0.1) is 13.2 Å². The SMILES string of the molecule is CC(C)(C)c1ccc(OCc2ccc(C(=O)N3CCOCC3)cc2)cc1. The maximum Gasteiger partial charge on any atom is 0.254 e. The van der Waals surface area contributed by atoms with Crippen LogP contribution >= 0.6 is 0 Å². The fraction of sp³-hybridized carbons (Fsp3) is 0.409. The minimum absolute atomic E-state index is 0.0681. The van der Waals surface area contributed by atoms with E-state index in [2.05, 4.69) is 32.9 Å². The molecule has 1 amide bonds. The molecule has 0 aromatic heterocycles. The number of ether oxygens (including phenoxy) is 2. The Morgan fingerprint density at radius 2 is 1.62 bits per heavy atom. The first kappa shape index (κ1) is 18.5. The Balaban J connectivity index is 1.56. The van der Waals surface area contributed by atoms with Crippen LogP contribution in [0.3, 0.4) is 0 Å². The van der Waals surface area contributed by atoms with Crippen molar-refractivity contribution in [2.75, 3.05) is 26.3 Å². The Morgan fingerprint density at radius 3 is 2.19 bits per heavy atom. The van der Waals surface area contributed by atoms with E-state index in [1.165, 1.54) is 5.56 Å². The summed E-state index contributed by atoms with van der Waals surface area (Å²) in [6.07, 6.45) is 0. The molecule has 138 valence electrons. The third-order valence-electron chi connectivity index (χ3n) is 4.63. The van der Waals surface area contributed by atoms with Gasteiger partial charge in [-0.1, -0.05) is 45.0 Å². The summed E-state index contributed by atoms with van der Waals surface area (Å²) in [7, 11) is 0. The number of rotatable bonds is 4. The molecule has 4 heteroatoms. The third-order valence-corrected chi connectivity index (χ3v) is 4.63. The molecule has 0 radical (unpaired) electrons. The van der Waals surface area contributed by atoms with E-state index in [4.69, 9.17) is 9.47 Å². The van der Waals surface area contributed by atoms with Gasteiger partial charge in [-0.05, 0) is 40.8 Å². The highest BCUT2D eigenvalue weighted by atomic mass is 16.5. The topological polar surface area (TPSA) is 38.8 Å². The summed E-state index contributed by atoms with van der Waals surface area (Å²) in [4.78, 5) is 14.3. The Morgan fingerprint density at radius 1 is 1.00 bits per heavy atom. The van der Waals surface area contributed by atoms with Crippen LogP contribution in [0.5, 0.6) is 5.75 Å². The molecular weight excluding hydrogens is 326 g/mol. The van der Waals surface area contributed by atoms with E-state index < -0.39 is 0 Å². The lowest BCUT2D eigenvalue weighted by Gasteiger charge is -2.26. The molecule has 2 aromatic carbocycles. The molecule has 1 heterocycles. The summed E-state index contributed by atoms with van der Waals surface area (Å²) in [5.41, 5.74) is 3.19. The largest absolute Gasteiger partial charge is 0.489 e. The fourth-order valence-corrected chi connectivity index (χ4v) is 2.91. The van der Waals surface area contributed by atoms with E-state index >= 15 is 0 Å². The Kier molecular flexibility index (Phi) is 5.62. The Labute approximate surface area is 155 Å². The average Bonchev–Trinajstić information content (AvgIpc) is 2.66. The van der Waals surface area contributed by atoms with Crippen molar-refractivity contribution in [1.82, 2.24) is 4.90 Å². The molecule has 0 saturated carbocycles. The summed E-state index contributed by atoms with van der Waals surface area (Å²) in [5.74, 6) is 0.921. The lowest BCUT2D eigenvalue weighted by atomic mass is 9.87. The molecule has 1 fully saturated rings. The molecule has 0 bridgehead atoms. The van der Waals surface area contributed by atoms with Crippen LogP contribution in [-0.2, 0) is 16.8 Å². The lowest BCUT2D eigenvalue weighted by molar-refractivity contribution is 0.0303. The van der Waals surface area contributed by atoms with Crippen LogP contribution in [0, 0.1) is 0 Å². The summed E-state index contributed by atoms with van der Waals surface area (Å²) < 4.78 is 11.2. The van der Waals surface area contributed by atoms with Crippen molar-refractivity contribution in [2.24, 2.45) is 0 Å². The molecule has 0 unspecified atom stereocenters. The molecule has 0 spiro atoms. The first-order chi connectivity index (χ1) is 12.4. The van der Waals surface area contributed by atoms with E-state index in [-0.39, 0.29) is 11.3 Å². The number of carbonyl (C=O) groups excluding carboxylic acids is 1. The van der Waals surface area contributed by atoms with Gasteiger partial charge in [0.15, 0.2) is 0 Å². The van der Waals surface area contributed by atoms with E-state index in [9.17, 15) is 4.79 Å². The Hall–Kier alpha value is -2.33. The second-order valence-electron chi connectivity index (χ2n) is 7.66. The maximum atomic E-state index is 12.4. The second kappa shape index (κ2) is 7.92. The van der Waals surface area contributed by atoms with Crippen LogP contribution in [0.1, 0.15) is 42.3 Å². The van der Waals surface area contributed by atoms with E-state index in [1.807, 2.05) is 41.3 Å². The molecule has 1 aliphatic rings. The van der Waals surface area contributed by atoms with Gasteiger partial charge in [-0.25, -0.2) is 0 Å². The van der Waals surface area contributed by atoms with Gasteiger partial charge in [0.2, 0.25) is 0 Å². The fourth-order valence-electron chi connectivity index (χ4n) is 2.91. The van der Waals surface area contributed by atoms with Gasteiger partial charge in [0.25, 0.3) is 5.91 Å². The van der Waals surface area contributed by atoms with Crippen LogP contribution in [-0.4, -0.2) is 37.1 Å². The average molecular weight is 353 g/mol. The zero-order valence-electron chi connectivity index (χ0n) is 15.8. The van der Waals surface area contributed by atoms with Crippen molar-refractivity contribution < 1.29 is 14.3 Å². The summed E-state index contributed by atoms with van der Waals surface area (Å²) in [5, 5.41) is 0.